The lowest BCUT2D eigenvalue weighted by molar-refractivity contribution is 0.669. The quantitative estimate of drug-likeness (QED) is 0.157. The number of furan rings is 1. The van der Waals surface area contributed by atoms with E-state index in [2.05, 4.69) is 120 Å². The predicted octanol–water partition coefficient (Wildman–Crippen LogP) is 13.6. The van der Waals surface area contributed by atoms with Crippen molar-refractivity contribution in [3.8, 4) is 56.4 Å². The Hall–Kier alpha value is -7.63. The van der Waals surface area contributed by atoms with Gasteiger partial charge in [-0.2, -0.15) is 0 Å². The molecule has 0 bridgehead atoms. The summed E-state index contributed by atoms with van der Waals surface area (Å²) in [6.45, 7) is 0. The average molecular weight is 719 g/mol. The van der Waals surface area contributed by atoms with Crippen LogP contribution in [0, 0.1) is 0 Å². The molecule has 0 N–H and O–H groups in total. The maximum absolute atomic E-state index is 6.52. The number of hydrogen-bond donors (Lipinski definition) is 0. The van der Waals surface area contributed by atoms with Crippen LogP contribution in [0.25, 0.3) is 78.4 Å². The molecule has 56 heavy (non-hydrogen) atoms. The smallest absolute Gasteiger partial charge is 0.164 e. The Morgan fingerprint density at radius 1 is 0.321 bits per heavy atom. The van der Waals surface area contributed by atoms with Crippen molar-refractivity contribution >= 4 is 39.0 Å². The second-order valence-electron chi connectivity index (χ2n) is 13.7. The largest absolute Gasteiger partial charge is 0.456 e. The van der Waals surface area contributed by atoms with Crippen molar-refractivity contribution in [2.45, 2.75) is 0 Å². The second kappa shape index (κ2) is 14.3. The molecule has 0 spiro atoms. The lowest BCUT2D eigenvalue weighted by Gasteiger charge is -2.25. The van der Waals surface area contributed by atoms with E-state index in [1.807, 2.05) is 91.0 Å². The summed E-state index contributed by atoms with van der Waals surface area (Å²) in [6.07, 6.45) is 0. The van der Waals surface area contributed by atoms with Gasteiger partial charge in [-0.25, -0.2) is 15.0 Å². The summed E-state index contributed by atoms with van der Waals surface area (Å²) < 4.78 is 6.52. The topological polar surface area (TPSA) is 55.1 Å². The molecule has 0 aliphatic carbocycles. The van der Waals surface area contributed by atoms with Gasteiger partial charge in [0.2, 0.25) is 0 Å². The maximum Gasteiger partial charge on any atom is 0.164 e. The molecule has 5 nitrogen and oxygen atoms in total. The van der Waals surface area contributed by atoms with Crippen LogP contribution in [-0.4, -0.2) is 15.0 Å². The van der Waals surface area contributed by atoms with E-state index in [4.69, 9.17) is 19.4 Å². The average Bonchev–Trinajstić information content (AvgIpc) is 3.66. The number of aromatic nitrogens is 3. The maximum atomic E-state index is 6.52. The van der Waals surface area contributed by atoms with Gasteiger partial charge < -0.3 is 9.32 Å². The van der Waals surface area contributed by atoms with Crippen LogP contribution < -0.4 is 4.90 Å². The van der Waals surface area contributed by atoms with Crippen LogP contribution >= 0.6 is 0 Å². The number of nitrogens with zero attached hydrogens (tertiary/aromatic N) is 4. The van der Waals surface area contributed by atoms with Gasteiger partial charge in [-0.15, -0.1) is 0 Å². The van der Waals surface area contributed by atoms with Gasteiger partial charge in [-0.05, 0) is 76.9 Å². The first-order chi connectivity index (χ1) is 27.7. The zero-order valence-corrected chi connectivity index (χ0v) is 30.3. The molecule has 5 heteroatoms. The summed E-state index contributed by atoms with van der Waals surface area (Å²) in [5, 5.41) is 1.99. The van der Waals surface area contributed by atoms with Gasteiger partial charge in [0.05, 0.1) is 0 Å². The molecular formula is C51H34N4O. The van der Waals surface area contributed by atoms with Gasteiger partial charge in [-0.3, -0.25) is 0 Å². The van der Waals surface area contributed by atoms with E-state index >= 15 is 0 Å². The Balaban J connectivity index is 1.05. The standard InChI is InChI=1S/C51H34N4O/c1-5-15-38(16-6-1)49-52-50(39-17-7-2-8-18-39)54-51(53-49)45-33-40(34-47-48(45)44-23-13-14-24-46(44)56-47)37-27-25-35(26-28-37)36-29-31-43(32-30-36)55(41-19-9-3-10-20-41)42-21-11-4-12-22-42/h1-34H. The summed E-state index contributed by atoms with van der Waals surface area (Å²) in [4.78, 5) is 17.5. The summed E-state index contributed by atoms with van der Waals surface area (Å²) in [5.74, 6) is 1.83. The van der Waals surface area contributed by atoms with Gasteiger partial charge in [-0.1, -0.05) is 152 Å². The molecule has 0 saturated carbocycles. The number of benzene rings is 8. The van der Waals surface area contributed by atoms with Gasteiger partial charge >= 0.3 is 0 Å². The fourth-order valence-electron chi connectivity index (χ4n) is 7.39. The molecule has 0 amide bonds. The molecule has 0 aliphatic heterocycles. The molecule has 0 saturated heterocycles. The second-order valence-corrected chi connectivity index (χ2v) is 13.7. The van der Waals surface area contributed by atoms with Crippen molar-refractivity contribution in [2.24, 2.45) is 0 Å². The highest BCUT2D eigenvalue weighted by molar-refractivity contribution is 6.13. The third-order valence-corrected chi connectivity index (χ3v) is 10.1. The van der Waals surface area contributed by atoms with Crippen LogP contribution in [-0.2, 0) is 0 Å². The molecule has 10 rings (SSSR count). The minimum absolute atomic E-state index is 0.591. The predicted molar refractivity (Wildman–Crippen MR) is 229 cm³/mol. The molecule has 0 fully saturated rings. The number of hydrogen-bond acceptors (Lipinski definition) is 5. The third-order valence-electron chi connectivity index (χ3n) is 10.1. The monoisotopic (exact) mass is 718 g/mol. The van der Waals surface area contributed by atoms with Crippen molar-refractivity contribution in [2.75, 3.05) is 4.90 Å². The summed E-state index contributed by atoms with van der Waals surface area (Å²) in [6, 6.07) is 71.0. The number of fused-ring (bicyclic) bond motifs is 3. The number of rotatable bonds is 8. The van der Waals surface area contributed by atoms with Crippen molar-refractivity contribution in [3.63, 3.8) is 0 Å². The Morgan fingerprint density at radius 3 is 1.30 bits per heavy atom. The van der Waals surface area contributed by atoms with Crippen molar-refractivity contribution in [3.05, 3.63) is 206 Å². The van der Waals surface area contributed by atoms with Crippen molar-refractivity contribution in [1.29, 1.82) is 0 Å². The van der Waals surface area contributed by atoms with Crippen LogP contribution in [0.4, 0.5) is 17.1 Å². The van der Waals surface area contributed by atoms with Crippen LogP contribution in [0.15, 0.2) is 211 Å². The van der Waals surface area contributed by atoms with Gasteiger partial charge in [0.15, 0.2) is 17.5 Å². The highest BCUT2D eigenvalue weighted by Gasteiger charge is 2.20. The summed E-state index contributed by atoms with van der Waals surface area (Å²) in [7, 11) is 0. The summed E-state index contributed by atoms with van der Waals surface area (Å²) in [5.41, 5.74) is 12.0. The SMILES string of the molecule is c1ccc(-c2nc(-c3ccccc3)nc(-c3cc(-c4ccc(-c5ccc(N(c6ccccc6)c6ccccc6)cc5)cc4)cc4oc5ccccc5c34)n2)cc1. The molecule has 10 aromatic rings. The molecule has 264 valence electrons. The zero-order valence-electron chi connectivity index (χ0n) is 30.3. The Labute approximate surface area is 324 Å². The minimum atomic E-state index is 0.591. The zero-order chi connectivity index (χ0) is 37.3. The van der Waals surface area contributed by atoms with Crippen LogP contribution in [0.3, 0.4) is 0 Å². The minimum Gasteiger partial charge on any atom is -0.456 e. The van der Waals surface area contributed by atoms with E-state index in [0.29, 0.717) is 17.5 Å². The summed E-state index contributed by atoms with van der Waals surface area (Å²) >= 11 is 0. The van der Waals surface area contributed by atoms with Crippen molar-refractivity contribution < 1.29 is 4.42 Å². The Morgan fingerprint density at radius 2 is 0.750 bits per heavy atom. The van der Waals surface area contributed by atoms with E-state index < -0.39 is 0 Å². The van der Waals surface area contributed by atoms with E-state index in [-0.39, 0.29) is 0 Å². The first-order valence-corrected chi connectivity index (χ1v) is 18.7. The van der Waals surface area contributed by atoms with Crippen LogP contribution in [0.1, 0.15) is 0 Å². The van der Waals surface area contributed by atoms with Crippen LogP contribution in [0.2, 0.25) is 0 Å². The molecule has 0 aliphatic rings. The molecule has 0 unspecified atom stereocenters. The van der Waals surface area contributed by atoms with Gasteiger partial charge in [0.25, 0.3) is 0 Å². The highest BCUT2D eigenvalue weighted by atomic mass is 16.3. The first kappa shape index (κ1) is 33.0. The molecule has 0 radical (unpaired) electrons. The highest BCUT2D eigenvalue weighted by Crippen LogP contribution is 2.41. The Bertz CT molecular complexity index is 2830. The molecular weight excluding hydrogens is 685 g/mol. The van der Waals surface area contributed by atoms with E-state index in [1.165, 1.54) is 0 Å². The third kappa shape index (κ3) is 6.27. The Kier molecular flexibility index (Phi) is 8.43. The lowest BCUT2D eigenvalue weighted by atomic mass is 9.96. The molecule has 2 aromatic heterocycles. The van der Waals surface area contributed by atoms with Crippen molar-refractivity contribution in [1.82, 2.24) is 15.0 Å². The van der Waals surface area contributed by atoms with E-state index in [9.17, 15) is 0 Å². The van der Waals surface area contributed by atoms with Gasteiger partial charge in [0, 0.05) is 44.5 Å². The number of para-hydroxylation sites is 3. The fraction of sp³-hybridized carbons (Fsp3) is 0. The molecule has 8 aromatic carbocycles. The van der Waals surface area contributed by atoms with Gasteiger partial charge in [0.1, 0.15) is 11.2 Å². The van der Waals surface area contributed by atoms with E-state index in [0.717, 1.165) is 77.9 Å². The fourth-order valence-corrected chi connectivity index (χ4v) is 7.39. The number of anilines is 3. The molecule has 0 atom stereocenters. The first-order valence-electron chi connectivity index (χ1n) is 18.7. The molecule has 2 heterocycles. The van der Waals surface area contributed by atoms with Crippen LogP contribution in [0.5, 0.6) is 0 Å². The lowest BCUT2D eigenvalue weighted by Crippen LogP contribution is -2.09. The van der Waals surface area contributed by atoms with E-state index in [1.54, 1.807) is 0 Å². The normalized spacial score (nSPS) is 11.2.